The van der Waals surface area contributed by atoms with E-state index in [1.807, 2.05) is 35.7 Å². The Morgan fingerprint density at radius 3 is 2.84 bits per heavy atom. The number of carbonyl (C=O) groups is 1. The maximum atomic E-state index is 11.0. The topological polar surface area (TPSA) is 64.9 Å². The average molecular weight is 271 g/mol. The molecule has 2 rings (SSSR count). The first-order valence-corrected chi connectivity index (χ1v) is 6.64. The van der Waals surface area contributed by atoms with Gasteiger partial charge in [0.2, 0.25) is 5.91 Å². The normalized spacial score (nSPS) is 9.68. The minimum Gasteiger partial charge on any atom is -0.380 e. The zero-order valence-electron chi connectivity index (χ0n) is 10.4. The molecule has 19 heavy (non-hydrogen) atoms. The van der Waals surface area contributed by atoms with E-state index in [1.165, 1.54) is 6.92 Å². The van der Waals surface area contributed by atoms with E-state index in [4.69, 9.17) is 5.26 Å². The van der Waals surface area contributed by atoms with Gasteiger partial charge in [-0.3, -0.25) is 4.79 Å². The summed E-state index contributed by atoms with van der Waals surface area (Å²) < 4.78 is 0. The number of nitriles is 1. The van der Waals surface area contributed by atoms with Crippen LogP contribution in [0.2, 0.25) is 0 Å². The molecule has 0 saturated carbocycles. The summed E-state index contributed by atoms with van der Waals surface area (Å²) in [5.41, 5.74) is 2.38. The molecule has 2 N–H and O–H groups in total. The van der Waals surface area contributed by atoms with Gasteiger partial charge in [-0.1, -0.05) is 6.07 Å². The highest BCUT2D eigenvalue weighted by Gasteiger charge is 2.00. The maximum absolute atomic E-state index is 11.0. The lowest BCUT2D eigenvalue weighted by Crippen LogP contribution is -2.06. The lowest BCUT2D eigenvalue weighted by Gasteiger charge is -2.07. The lowest BCUT2D eigenvalue weighted by molar-refractivity contribution is -0.114. The van der Waals surface area contributed by atoms with E-state index in [-0.39, 0.29) is 5.91 Å². The Hall–Kier alpha value is -2.32. The van der Waals surface area contributed by atoms with Crippen molar-refractivity contribution in [3.8, 4) is 6.07 Å². The summed E-state index contributed by atoms with van der Waals surface area (Å²) in [5, 5.41) is 16.6. The summed E-state index contributed by atoms with van der Waals surface area (Å²) in [4.78, 5) is 12.1. The third-order valence-electron chi connectivity index (χ3n) is 2.43. The Balaban J connectivity index is 1.99. The Morgan fingerprint density at radius 1 is 1.37 bits per heavy atom. The number of rotatable bonds is 4. The molecule has 0 aliphatic rings. The van der Waals surface area contributed by atoms with Crippen LogP contribution in [-0.2, 0) is 11.3 Å². The van der Waals surface area contributed by atoms with Crippen LogP contribution in [0, 0.1) is 11.3 Å². The number of anilines is 2. The molecule has 0 radical (unpaired) electrons. The first-order valence-electron chi connectivity index (χ1n) is 5.76. The van der Waals surface area contributed by atoms with Gasteiger partial charge in [-0.15, -0.1) is 11.3 Å². The fourth-order valence-electron chi connectivity index (χ4n) is 1.63. The minimum atomic E-state index is -0.0888. The summed E-state index contributed by atoms with van der Waals surface area (Å²) in [7, 11) is 0. The van der Waals surface area contributed by atoms with E-state index in [0.717, 1.165) is 16.3 Å². The molecule has 0 saturated heterocycles. The molecular formula is C14H13N3OS. The van der Waals surface area contributed by atoms with Crippen LogP contribution in [0.25, 0.3) is 0 Å². The number of hydrogen-bond donors (Lipinski definition) is 2. The molecule has 0 unspecified atom stereocenters. The highest BCUT2D eigenvalue weighted by atomic mass is 32.1. The van der Waals surface area contributed by atoms with Gasteiger partial charge in [0.05, 0.1) is 5.56 Å². The second-order valence-electron chi connectivity index (χ2n) is 4.03. The Labute approximate surface area is 115 Å². The average Bonchev–Trinajstić information content (AvgIpc) is 2.84. The fourth-order valence-corrected chi connectivity index (χ4v) is 2.38. The van der Waals surface area contributed by atoms with Crippen LogP contribution in [0.3, 0.4) is 0 Å². The van der Waals surface area contributed by atoms with Crippen molar-refractivity contribution in [1.29, 1.82) is 5.26 Å². The molecule has 1 aromatic carbocycles. The zero-order valence-corrected chi connectivity index (χ0v) is 11.3. The van der Waals surface area contributed by atoms with Gasteiger partial charge in [0, 0.05) is 35.1 Å². The van der Waals surface area contributed by atoms with Crippen molar-refractivity contribution in [2.24, 2.45) is 0 Å². The quantitative estimate of drug-likeness (QED) is 0.897. The molecule has 2 aromatic rings. The fraction of sp³-hybridized carbons (Fsp3) is 0.143. The lowest BCUT2D eigenvalue weighted by atomic mass is 10.2. The number of nitrogens with one attached hydrogen (secondary N) is 2. The van der Waals surface area contributed by atoms with Crippen LogP contribution in [0.4, 0.5) is 11.4 Å². The largest absolute Gasteiger partial charge is 0.380 e. The van der Waals surface area contributed by atoms with Gasteiger partial charge in [0.25, 0.3) is 0 Å². The van der Waals surface area contributed by atoms with Gasteiger partial charge < -0.3 is 10.6 Å². The summed E-state index contributed by atoms with van der Waals surface area (Å²) in [6, 6.07) is 11.5. The van der Waals surface area contributed by atoms with Crippen molar-refractivity contribution in [1.82, 2.24) is 0 Å². The molecule has 96 valence electrons. The van der Waals surface area contributed by atoms with Gasteiger partial charge in [0.15, 0.2) is 0 Å². The zero-order chi connectivity index (χ0) is 13.7. The van der Waals surface area contributed by atoms with Crippen molar-refractivity contribution >= 4 is 28.6 Å². The molecule has 1 amide bonds. The van der Waals surface area contributed by atoms with Crippen LogP contribution in [0.15, 0.2) is 35.7 Å². The van der Waals surface area contributed by atoms with Gasteiger partial charge >= 0.3 is 0 Å². The van der Waals surface area contributed by atoms with E-state index in [0.29, 0.717) is 12.1 Å². The van der Waals surface area contributed by atoms with Crippen LogP contribution < -0.4 is 10.6 Å². The number of carbonyl (C=O) groups excluding carboxylic acids is 1. The first kappa shape index (κ1) is 13.1. The molecule has 0 atom stereocenters. The standard InChI is InChI=1S/C14H13N3OS/c1-10(18)17-13-4-2-3-12(6-13)16-8-14-5-11(7-15)9-19-14/h2-6,9,16H,8H2,1H3,(H,17,18). The molecule has 0 spiro atoms. The van der Waals surface area contributed by atoms with Crippen molar-refractivity contribution in [3.63, 3.8) is 0 Å². The third-order valence-corrected chi connectivity index (χ3v) is 3.37. The van der Waals surface area contributed by atoms with Crippen LogP contribution in [-0.4, -0.2) is 5.91 Å². The SMILES string of the molecule is CC(=O)Nc1cccc(NCc2cc(C#N)cs2)c1. The summed E-state index contributed by atoms with van der Waals surface area (Å²) in [5.74, 6) is -0.0888. The van der Waals surface area contributed by atoms with Crippen molar-refractivity contribution in [3.05, 3.63) is 46.2 Å². The number of hydrogen-bond acceptors (Lipinski definition) is 4. The minimum absolute atomic E-state index is 0.0888. The van der Waals surface area contributed by atoms with E-state index in [2.05, 4.69) is 16.7 Å². The van der Waals surface area contributed by atoms with Gasteiger partial charge in [-0.05, 0) is 24.3 Å². The van der Waals surface area contributed by atoms with E-state index >= 15 is 0 Å². The summed E-state index contributed by atoms with van der Waals surface area (Å²) in [6.45, 7) is 2.14. The molecule has 0 bridgehead atoms. The van der Waals surface area contributed by atoms with E-state index in [9.17, 15) is 4.79 Å². The van der Waals surface area contributed by atoms with Crippen molar-refractivity contribution in [2.45, 2.75) is 13.5 Å². The van der Waals surface area contributed by atoms with Crippen LogP contribution >= 0.6 is 11.3 Å². The van der Waals surface area contributed by atoms with Gasteiger partial charge in [0.1, 0.15) is 6.07 Å². The van der Waals surface area contributed by atoms with Crippen LogP contribution in [0.1, 0.15) is 17.4 Å². The third kappa shape index (κ3) is 3.83. The molecule has 4 nitrogen and oxygen atoms in total. The van der Waals surface area contributed by atoms with Crippen LogP contribution in [0.5, 0.6) is 0 Å². The maximum Gasteiger partial charge on any atom is 0.221 e. The predicted molar refractivity (Wildman–Crippen MR) is 77.1 cm³/mol. The number of thiophene rings is 1. The summed E-state index contributed by atoms with van der Waals surface area (Å²) in [6.07, 6.45) is 0. The molecule has 0 aliphatic heterocycles. The van der Waals surface area contributed by atoms with Gasteiger partial charge in [-0.25, -0.2) is 0 Å². The Kier molecular flexibility index (Phi) is 4.16. The van der Waals surface area contributed by atoms with E-state index in [1.54, 1.807) is 11.3 Å². The van der Waals surface area contributed by atoms with E-state index < -0.39 is 0 Å². The number of benzene rings is 1. The molecule has 0 fully saturated rings. The summed E-state index contributed by atoms with van der Waals surface area (Å²) >= 11 is 1.55. The molecular weight excluding hydrogens is 258 g/mol. The number of nitrogens with zero attached hydrogens (tertiary/aromatic N) is 1. The predicted octanol–water partition coefficient (Wildman–Crippen LogP) is 3.19. The molecule has 0 aliphatic carbocycles. The highest BCUT2D eigenvalue weighted by Crippen LogP contribution is 2.18. The first-order chi connectivity index (χ1) is 9.17. The second kappa shape index (κ2) is 6.03. The molecule has 1 aromatic heterocycles. The number of amides is 1. The van der Waals surface area contributed by atoms with Gasteiger partial charge in [-0.2, -0.15) is 5.26 Å². The van der Waals surface area contributed by atoms with Crippen molar-refractivity contribution in [2.75, 3.05) is 10.6 Å². The smallest absolute Gasteiger partial charge is 0.221 e. The van der Waals surface area contributed by atoms with Crippen molar-refractivity contribution < 1.29 is 4.79 Å². The second-order valence-corrected chi connectivity index (χ2v) is 5.02. The Morgan fingerprint density at radius 2 is 2.16 bits per heavy atom. The monoisotopic (exact) mass is 271 g/mol. The highest BCUT2D eigenvalue weighted by molar-refractivity contribution is 7.10. The Bertz CT molecular complexity index is 628. The molecule has 5 heteroatoms. The molecule has 1 heterocycles.